The predicted octanol–water partition coefficient (Wildman–Crippen LogP) is 0.564. The monoisotopic (exact) mass is 382 g/mol. The van der Waals surface area contributed by atoms with Gasteiger partial charge in [-0.25, -0.2) is 0 Å². The molecule has 0 unspecified atom stereocenters. The van der Waals surface area contributed by atoms with E-state index in [1.165, 1.54) is 0 Å². The van der Waals surface area contributed by atoms with Crippen LogP contribution in [0.25, 0.3) is 0 Å². The van der Waals surface area contributed by atoms with Gasteiger partial charge in [-0.05, 0) is 36.4 Å². The Kier molecular flexibility index (Phi) is 6.71. The van der Waals surface area contributed by atoms with Crippen LogP contribution in [-0.2, 0) is 4.74 Å². The molecular formula is C18H19ClO7. The third-order valence-electron chi connectivity index (χ3n) is 3.94. The zero-order valence-electron chi connectivity index (χ0n) is 13.6. The van der Waals surface area contributed by atoms with Gasteiger partial charge in [-0.3, -0.25) is 4.79 Å². The van der Waals surface area contributed by atoms with Crippen LogP contribution in [0.15, 0.2) is 48.5 Å². The Morgan fingerprint density at radius 1 is 1.04 bits per heavy atom. The van der Waals surface area contributed by atoms with Crippen molar-refractivity contribution in [3.8, 4) is 5.75 Å². The Balaban J connectivity index is 0.00000243. The van der Waals surface area contributed by atoms with Crippen molar-refractivity contribution in [3.63, 3.8) is 0 Å². The van der Waals surface area contributed by atoms with Crippen molar-refractivity contribution in [3.05, 3.63) is 64.7 Å². The highest BCUT2D eigenvalue weighted by Crippen LogP contribution is 2.23. The van der Waals surface area contributed by atoms with Gasteiger partial charge in [-0.15, -0.1) is 0 Å². The van der Waals surface area contributed by atoms with Crippen LogP contribution in [0.5, 0.6) is 5.75 Å². The van der Waals surface area contributed by atoms with E-state index in [1.54, 1.807) is 48.5 Å². The summed E-state index contributed by atoms with van der Waals surface area (Å²) in [5.74, 6) is 0.132. The minimum absolute atomic E-state index is 0. The van der Waals surface area contributed by atoms with E-state index >= 15 is 0 Å². The first kappa shape index (κ1) is 20.3. The van der Waals surface area contributed by atoms with E-state index in [2.05, 4.69) is 0 Å². The summed E-state index contributed by atoms with van der Waals surface area (Å²) in [5, 5.41) is 29.3. The predicted molar refractivity (Wildman–Crippen MR) is 93.3 cm³/mol. The normalized spacial score (nSPS) is 25.2. The van der Waals surface area contributed by atoms with E-state index in [1.807, 2.05) is 0 Å². The molecule has 0 spiro atoms. The van der Waals surface area contributed by atoms with Gasteiger partial charge in [0.1, 0.15) is 24.1 Å². The first-order valence-corrected chi connectivity index (χ1v) is 8.07. The summed E-state index contributed by atoms with van der Waals surface area (Å²) in [4.78, 5) is 12.4. The number of rotatable bonds is 4. The second kappa shape index (κ2) is 8.59. The highest BCUT2D eigenvalue weighted by atomic mass is 35.5. The molecule has 0 saturated carbocycles. The van der Waals surface area contributed by atoms with Crippen LogP contribution in [0.2, 0.25) is 5.02 Å². The molecule has 0 amide bonds. The van der Waals surface area contributed by atoms with Gasteiger partial charge in [0.25, 0.3) is 0 Å². The molecular weight excluding hydrogens is 364 g/mol. The Bertz CT molecular complexity index is 749. The van der Waals surface area contributed by atoms with Crippen LogP contribution < -0.4 is 4.74 Å². The van der Waals surface area contributed by atoms with Gasteiger partial charge in [0.15, 0.2) is 5.78 Å². The molecule has 4 atom stereocenters. The molecule has 1 saturated heterocycles. The van der Waals surface area contributed by atoms with Gasteiger partial charge in [0.05, 0.1) is 11.6 Å². The largest absolute Gasteiger partial charge is 0.462 e. The number of carbonyl (C=O) groups excluding carboxylic acids is 1. The molecule has 2 aromatic carbocycles. The molecule has 1 fully saturated rings. The van der Waals surface area contributed by atoms with E-state index in [9.17, 15) is 20.1 Å². The Morgan fingerprint density at radius 2 is 1.69 bits per heavy atom. The molecule has 5 N–H and O–H groups in total. The quantitative estimate of drug-likeness (QED) is 0.663. The number of ketones is 1. The first-order valence-electron chi connectivity index (χ1n) is 7.69. The van der Waals surface area contributed by atoms with Crippen LogP contribution in [0.4, 0.5) is 0 Å². The van der Waals surface area contributed by atoms with Gasteiger partial charge in [-0.2, -0.15) is 0 Å². The van der Waals surface area contributed by atoms with Crippen LogP contribution >= 0.6 is 11.6 Å². The molecule has 140 valence electrons. The molecule has 0 radical (unpaired) electrons. The van der Waals surface area contributed by atoms with E-state index in [0.717, 1.165) is 0 Å². The number of hydrogen-bond donors (Lipinski definition) is 3. The smallest absolute Gasteiger partial charge is 0.228 e. The summed E-state index contributed by atoms with van der Waals surface area (Å²) in [6.45, 7) is -0.147. The lowest BCUT2D eigenvalue weighted by Gasteiger charge is -2.34. The number of aliphatic hydroxyl groups excluding tert-OH is 3. The topological polar surface area (TPSA) is 128 Å². The molecule has 26 heavy (non-hydrogen) atoms. The lowest BCUT2D eigenvalue weighted by molar-refractivity contribution is -0.242. The maximum atomic E-state index is 12.4. The average Bonchev–Trinajstić information content (AvgIpc) is 2.63. The molecule has 7 nitrogen and oxygen atoms in total. The van der Waals surface area contributed by atoms with Crippen LogP contribution in [0.3, 0.4) is 0 Å². The third kappa shape index (κ3) is 4.21. The van der Waals surface area contributed by atoms with Crippen molar-refractivity contribution in [2.24, 2.45) is 0 Å². The maximum absolute atomic E-state index is 12.4. The van der Waals surface area contributed by atoms with E-state index in [4.69, 9.17) is 21.1 Å². The number of hydrogen-bond acceptors (Lipinski definition) is 6. The molecule has 0 bridgehead atoms. The lowest BCUT2D eigenvalue weighted by atomic mass is 10.0. The minimum atomic E-state index is -1.38. The summed E-state index contributed by atoms with van der Waals surface area (Å²) in [6.07, 6.45) is -5.00. The Hall–Kier alpha value is -2.00. The lowest BCUT2D eigenvalue weighted by Crippen LogP contribution is -2.54. The van der Waals surface area contributed by atoms with Gasteiger partial charge in [0, 0.05) is 11.1 Å². The fourth-order valence-electron chi connectivity index (χ4n) is 2.50. The SMILES string of the molecule is O.O=C(c1ccc(O[C@@H]2OC[C@@H](O)[C@H](O)[C@H]2O)cc1)c1ccccc1Cl. The van der Waals surface area contributed by atoms with E-state index in [-0.39, 0.29) is 17.9 Å². The Morgan fingerprint density at radius 3 is 2.35 bits per heavy atom. The van der Waals surface area contributed by atoms with Crippen LogP contribution in [0, 0.1) is 0 Å². The second-order valence-electron chi connectivity index (χ2n) is 5.70. The zero-order valence-corrected chi connectivity index (χ0v) is 14.3. The van der Waals surface area contributed by atoms with Crippen LogP contribution in [-0.4, -0.2) is 57.8 Å². The minimum Gasteiger partial charge on any atom is -0.462 e. The molecule has 1 aliphatic rings. The van der Waals surface area contributed by atoms with Crippen molar-refractivity contribution in [2.45, 2.75) is 24.6 Å². The number of benzene rings is 2. The summed E-state index contributed by atoms with van der Waals surface area (Å²) in [5.41, 5.74) is 0.835. The number of aliphatic hydroxyl groups is 3. The molecule has 1 heterocycles. The van der Waals surface area contributed by atoms with E-state index in [0.29, 0.717) is 21.9 Å². The fourth-order valence-corrected chi connectivity index (χ4v) is 2.72. The van der Waals surface area contributed by atoms with Gasteiger partial charge < -0.3 is 30.3 Å². The number of halogens is 1. The van der Waals surface area contributed by atoms with Crippen molar-refractivity contribution in [2.75, 3.05) is 6.61 Å². The van der Waals surface area contributed by atoms with E-state index < -0.39 is 24.6 Å². The average molecular weight is 383 g/mol. The highest BCUT2D eigenvalue weighted by Gasteiger charge is 2.38. The molecule has 1 aliphatic heterocycles. The molecule has 0 aliphatic carbocycles. The zero-order chi connectivity index (χ0) is 18.0. The second-order valence-corrected chi connectivity index (χ2v) is 6.11. The number of ether oxygens (including phenoxy) is 2. The fraction of sp³-hybridized carbons (Fsp3) is 0.278. The summed E-state index contributed by atoms with van der Waals surface area (Å²) < 4.78 is 10.6. The maximum Gasteiger partial charge on any atom is 0.228 e. The van der Waals surface area contributed by atoms with Crippen LogP contribution in [0.1, 0.15) is 15.9 Å². The summed E-state index contributed by atoms with van der Waals surface area (Å²) >= 11 is 6.04. The van der Waals surface area contributed by atoms with Crippen molar-refractivity contribution >= 4 is 17.4 Å². The van der Waals surface area contributed by atoms with Gasteiger partial charge in [-0.1, -0.05) is 23.7 Å². The number of carbonyl (C=O) groups is 1. The van der Waals surface area contributed by atoms with Crippen molar-refractivity contribution in [1.29, 1.82) is 0 Å². The van der Waals surface area contributed by atoms with Crippen molar-refractivity contribution < 1.29 is 35.1 Å². The first-order chi connectivity index (χ1) is 12.0. The van der Waals surface area contributed by atoms with Crippen molar-refractivity contribution in [1.82, 2.24) is 0 Å². The Labute approximate surface area is 154 Å². The standard InChI is InChI=1S/C18H17ClO6.H2O/c19-13-4-2-1-3-12(13)15(21)10-5-7-11(8-6-10)25-18-17(23)16(22)14(20)9-24-18;/h1-8,14,16-18,20,22-23H,9H2;1H2/t14-,16+,17-,18+;/m1./s1. The highest BCUT2D eigenvalue weighted by molar-refractivity contribution is 6.34. The van der Waals surface area contributed by atoms with Gasteiger partial charge in [0.2, 0.25) is 6.29 Å². The molecule has 2 aromatic rings. The summed E-state index contributed by atoms with van der Waals surface area (Å²) in [7, 11) is 0. The molecule has 0 aromatic heterocycles. The molecule has 8 heteroatoms. The molecule has 3 rings (SSSR count). The van der Waals surface area contributed by atoms with Gasteiger partial charge >= 0.3 is 0 Å². The third-order valence-corrected chi connectivity index (χ3v) is 4.27. The summed E-state index contributed by atoms with van der Waals surface area (Å²) in [6, 6.07) is 13.0.